The molecule has 6 heteroatoms. The first-order valence-electron chi connectivity index (χ1n) is 6.45. The van der Waals surface area contributed by atoms with Gasteiger partial charge in [-0.05, 0) is 6.42 Å². The van der Waals surface area contributed by atoms with Crippen LogP contribution >= 0.6 is 0 Å². The molecule has 0 radical (unpaired) electrons. The van der Waals surface area contributed by atoms with E-state index in [0.29, 0.717) is 22.9 Å². The standard InChI is InChI=1S/C14H18N2O3S/c1-2-3-8-20(18,19)16-12-9-13(17)14(15)11-7-5-4-6-10(11)12/h4-7,9,16-17H,2-3,8,15H2,1H3. The van der Waals surface area contributed by atoms with Crippen molar-refractivity contribution in [3.05, 3.63) is 30.3 Å². The van der Waals surface area contributed by atoms with Crippen LogP contribution in [0.15, 0.2) is 30.3 Å². The van der Waals surface area contributed by atoms with Crippen molar-refractivity contribution in [3.8, 4) is 5.75 Å². The van der Waals surface area contributed by atoms with E-state index in [9.17, 15) is 13.5 Å². The third-order valence-corrected chi connectivity index (χ3v) is 4.45. The van der Waals surface area contributed by atoms with E-state index in [-0.39, 0.29) is 17.2 Å². The van der Waals surface area contributed by atoms with Crippen molar-refractivity contribution >= 4 is 32.2 Å². The molecule has 2 rings (SSSR count). The molecule has 0 aromatic heterocycles. The highest BCUT2D eigenvalue weighted by atomic mass is 32.2. The number of aromatic hydroxyl groups is 1. The molecule has 0 aliphatic carbocycles. The van der Waals surface area contributed by atoms with Crippen molar-refractivity contribution in [1.29, 1.82) is 0 Å². The topological polar surface area (TPSA) is 92.4 Å². The first kappa shape index (κ1) is 14.5. The van der Waals surface area contributed by atoms with E-state index in [0.717, 1.165) is 6.42 Å². The normalized spacial score (nSPS) is 11.7. The predicted molar refractivity (Wildman–Crippen MR) is 82.3 cm³/mol. The fraction of sp³-hybridized carbons (Fsp3) is 0.286. The molecule has 0 aliphatic rings. The summed E-state index contributed by atoms with van der Waals surface area (Å²) < 4.78 is 26.5. The zero-order valence-electron chi connectivity index (χ0n) is 11.3. The van der Waals surface area contributed by atoms with E-state index in [1.54, 1.807) is 24.3 Å². The number of phenols is 1. The van der Waals surface area contributed by atoms with Crippen molar-refractivity contribution in [2.24, 2.45) is 0 Å². The van der Waals surface area contributed by atoms with Crippen LogP contribution in [-0.4, -0.2) is 19.3 Å². The number of nitrogens with one attached hydrogen (secondary N) is 1. The van der Waals surface area contributed by atoms with Gasteiger partial charge in [0.05, 0.1) is 17.1 Å². The summed E-state index contributed by atoms with van der Waals surface area (Å²) in [7, 11) is -3.42. The van der Waals surface area contributed by atoms with Crippen LogP contribution in [-0.2, 0) is 10.0 Å². The monoisotopic (exact) mass is 294 g/mol. The minimum Gasteiger partial charge on any atom is -0.506 e. The average molecular weight is 294 g/mol. The molecule has 5 nitrogen and oxygen atoms in total. The van der Waals surface area contributed by atoms with Crippen molar-refractivity contribution < 1.29 is 13.5 Å². The van der Waals surface area contributed by atoms with E-state index in [4.69, 9.17) is 5.73 Å². The van der Waals surface area contributed by atoms with E-state index in [1.165, 1.54) is 6.07 Å². The third-order valence-electron chi connectivity index (χ3n) is 3.10. The first-order chi connectivity index (χ1) is 9.44. The molecular formula is C14H18N2O3S. The van der Waals surface area contributed by atoms with Gasteiger partial charge in [0.2, 0.25) is 10.0 Å². The lowest BCUT2D eigenvalue weighted by molar-refractivity contribution is 0.479. The first-order valence-corrected chi connectivity index (χ1v) is 8.10. The number of hydrogen-bond donors (Lipinski definition) is 3. The summed E-state index contributed by atoms with van der Waals surface area (Å²) in [5, 5.41) is 11.1. The number of rotatable bonds is 5. The summed E-state index contributed by atoms with van der Waals surface area (Å²) >= 11 is 0. The van der Waals surface area contributed by atoms with Crippen LogP contribution in [0, 0.1) is 0 Å². The predicted octanol–water partition coefficient (Wildman–Crippen LogP) is 2.67. The molecule has 0 atom stereocenters. The molecule has 2 aromatic carbocycles. The molecule has 0 aliphatic heterocycles. The number of fused-ring (bicyclic) bond motifs is 1. The number of benzene rings is 2. The summed E-state index contributed by atoms with van der Waals surface area (Å²) in [5.74, 6) is -0.0694. The van der Waals surface area contributed by atoms with Gasteiger partial charge in [-0.1, -0.05) is 37.6 Å². The number of nitrogens with two attached hydrogens (primary N) is 1. The molecule has 108 valence electrons. The lowest BCUT2D eigenvalue weighted by Gasteiger charge is -2.13. The Bertz CT molecular complexity index is 727. The lowest BCUT2D eigenvalue weighted by atomic mass is 10.1. The molecule has 2 aromatic rings. The number of sulfonamides is 1. The zero-order valence-corrected chi connectivity index (χ0v) is 12.1. The summed E-state index contributed by atoms with van der Waals surface area (Å²) in [5.41, 5.74) is 6.40. The average Bonchev–Trinajstić information content (AvgIpc) is 2.42. The van der Waals surface area contributed by atoms with Gasteiger partial charge in [0, 0.05) is 16.8 Å². The van der Waals surface area contributed by atoms with Gasteiger partial charge < -0.3 is 10.8 Å². The highest BCUT2D eigenvalue weighted by Gasteiger charge is 2.14. The maximum absolute atomic E-state index is 12.0. The molecule has 0 heterocycles. The van der Waals surface area contributed by atoms with Gasteiger partial charge in [-0.3, -0.25) is 4.72 Å². The Balaban J connectivity index is 2.48. The van der Waals surface area contributed by atoms with E-state index in [2.05, 4.69) is 4.72 Å². The lowest BCUT2D eigenvalue weighted by Crippen LogP contribution is -2.16. The number of anilines is 2. The molecule has 0 fully saturated rings. The quantitative estimate of drug-likeness (QED) is 0.584. The highest BCUT2D eigenvalue weighted by Crippen LogP contribution is 2.36. The Morgan fingerprint density at radius 3 is 2.55 bits per heavy atom. The van der Waals surface area contributed by atoms with Crippen LogP contribution in [0.2, 0.25) is 0 Å². The second-order valence-electron chi connectivity index (χ2n) is 4.68. The van der Waals surface area contributed by atoms with Gasteiger partial charge in [0.15, 0.2) is 0 Å². The molecule has 0 amide bonds. The Morgan fingerprint density at radius 2 is 1.90 bits per heavy atom. The van der Waals surface area contributed by atoms with Gasteiger partial charge in [0.1, 0.15) is 5.75 Å². The third kappa shape index (κ3) is 2.96. The Hall–Kier alpha value is -1.95. The van der Waals surface area contributed by atoms with Crippen LogP contribution < -0.4 is 10.5 Å². The highest BCUT2D eigenvalue weighted by molar-refractivity contribution is 7.92. The molecule has 0 unspecified atom stereocenters. The van der Waals surface area contributed by atoms with Crippen molar-refractivity contribution in [1.82, 2.24) is 0 Å². The Kier molecular flexibility index (Phi) is 4.04. The number of hydrogen-bond acceptors (Lipinski definition) is 4. The minimum atomic E-state index is -3.42. The summed E-state index contributed by atoms with van der Waals surface area (Å²) in [6, 6.07) is 8.44. The minimum absolute atomic E-state index is 0.0585. The SMILES string of the molecule is CCCCS(=O)(=O)Nc1cc(O)c(N)c2ccccc12. The van der Waals surface area contributed by atoms with Crippen LogP contribution in [0.25, 0.3) is 10.8 Å². The molecule has 0 bridgehead atoms. The van der Waals surface area contributed by atoms with Gasteiger partial charge >= 0.3 is 0 Å². The fourth-order valence-corrected chi connectivity index (χ4v) is 3.30. The molecule has 0 spiro atoms. The Morgan fingerprint density at radius 1 is 1.25 bits per heavy atom. The maximum Gasteiger partial charge on any atom is 0.232 e. The number of phenolic OH excluding ortho intramolecular Hbond substituents is 1. The van der Waals surface area contributed by atoms with Crippen LogP contribution in [0.4, 0.5) is 11.4 Å². The largest absolute Gasteiger partial charge is 0.506 e. The fourth-order valence-electron chi connectivity index (χ4n) is 2.02. The van der Waals surface area contributed by atoms with Gasteiger partial charge in [-0.25, -0.2) is 8.42 Å². The van der Waals surface area contributed by atoms with Crippen molar-refractivity contribution in [2.45, 2.75) is 19.8 Å². The van der Waals surface area contributed by atoms with Gasteiger partial charge in [-0.2, -0.15) is 0 Å². The molecular weight excluding hydrogens is 276 g/mol. The van der Waals surface area contributed by atoms with Crippen LogP contribution in [0.5, 0.6) is 5.75 Å². The summed E-state index contributed by atoms with van der Waals surface area (Å²) in [4.78, 5) is 0. The van der Waals surface area contributed by atoms with Gasteiger partial charge in [-0.15, -0.1) is 0 Å². The zero-order chi connectivity index (χ0) is 14.8. The Labute approximate surface area is 118 Å². The molecule has 4 N–H and O–H groups in total. The number of unbranched alkanes of at least 4 members (excludes halogenated alkanes) is 1. The summed E-state index contributed by atoms with van der Waals surface area (Å²) in [6.07, 6.45) is 1.39. The van der Waals surface area contributed by atoms with Crippen LogP contribution in [0.3, 0.4) is 0 Å². The van der Waals surface area contributed by atoms with E-state index in [1.807, 2.05) is 6.92 Å². The second-order valence-corrected chi connectivity index (χ2v) is 6.52. The van der Waals surface area contributed by atoms with E-state index >= 15 is 0 Å². The van der Waals surface area contributed by atoms with Gasteiger partial charge in [0.25, 0.3) is 0 Å². The summed E-state index contributed by atoms with van der Waals surface area (Å²) in [6.45, 7) is 1.93. The molecule has 20 heavy (non-hydrogen) atoms. The van der Waals surface area contributed by atoms with Crippen molar-refractivity contribution in [3.63, 3.8) is 0 Å². The maximum atomic E-state index is 12.0. The van der Waals surface area contributed by atoms with Crippen molar-refractivity contribution in [2.75, 3.05) is 16.2 Å². The smallest absolute Gasteiger partial charge is 0.232 e. The molecule has 0 saturated carbocycles. The second kappa shape index (κ2) is 5.58. The van der Waals surface area contributed by atoms with Crippen LogP contribution in [0.1, 0.15) is 19.8 Å². The van der Waals surface area contributed by atoms with E-state index < -0.39 is 10.0 Å². The molecule has 0 saturated heterocycles. The number of nitrogen functional groups attached to an aromatic ring is 1.